The summed E-state index contributed by atoms with van der Waals surface area (Å²) in [5.74, 6) is 0.0652. The Labute approximate surface area is 116 Å². The fraction of sp³-hybridized carbons (Fsp3) is 0.231. The maximum Gasteiger partial charge on any atom is 0.240 e. The molecule has 0 saturated heterocycles. The fourth-order valence-electron chi connectivity index (χ4n) is 1.71. The van der Waals surface area contributed by atoms with Crippen LogP contribution in [0.1, 0.15) is 11.3 Å². The molecule has 7 heteroatoms. The Balaban J connectivity index is 2.18. The highest BCUT2D eigenvalue weighted by molar-refractivity contribution is 7.89. The molecule has 20 heavy (non-hydrogen) atoms. The van der Waals surface area contributed by atoms with E-state index in [9.17, 15) is 12.8 Å². The molecule has 0 aliphatic carbocycles. The molecule has 1 aromatic carbocycles. The number of nitrogens with one attached hydrogen (secondary N) is 2. The summed E-state index contributed by atoms with van der Waals surface area (Å²) in [6, 6.07) is 7.04. The smallest absolute Gasteiger partial charge is 0.240 e. The summed E-state index contributed by atoms with van der Waals surface area (Å²) in [5.41, 5.74) is 0.299. The first-order valence-electron chi connectivity index (χ1n) is 5.98. The number of hydrogen-bond acceptors (Lipinski definition) is 4. The summed E-state index contributed by atoms with van der Waals surface area (Å²) in [6.07, 6.45) is 1.46. The molecule has 0 spiro atoms. The molecule has 0 amide bonds. The highest BCUT2D eigenvalue weighted by Crippen LogP contribution is 2.15. The minimum Gasteiger partial charge on any atom is -0.468 e. The van der Waals surface area contributed by atoms with Crippen molar-refractivity contribution in [2.45, 2.75) is 18.0 Å². The molecular formula is C13H15FN2O3S. The molecule has 2 aromatic rings. The molecule has 5 nitrogen and oxygen atoms in total. The predicted octanol–water partition coefficient (Wildman–Crippen LogP) is 1.62. The van der Waals surface area contributed by atoms with Crippen molar-refractivity contribution in [3.05, 3.63) is 53.7 Å². The summed E-state index contributed by atoms with van der Waals surface area (Å²) in [7, 11) is -2.04. The molecule has 2 N–H and O–H groups in total. The molecule has 0 fully saturated rings. The van der Waals surface area contributed by atoms with Gasteiger partial charge in [-0.2, -0.15) is 0 Å². The average Bonchev–Trinajstić information content (AvgIpc) is 2.92. The molecule has 0 atom stereocenters. The summed E-state index contributed by atoms with van der Waals surface area (Å²) in [6.45, 7) is 0.307. The zero-order chi connectivity index (χ0) is 14.6. The van der Waals surface area contributed by atoms with Crippen molar-refractivity contribution in [1.29, 1.82) is 0 Å². The van der Waals surface area contributed by atoms with Crippen molar-refractivity contribution in [3.63, 3.8) is 0 Å². The second-order valence-electron chi connectivity index (χ2n) is 4.19. The molecule has 0 unspecified atom stereocenters. The van der Waals surface area contributed by atoms with Gasteiger partial charge in [0.25, 0.3) is 0 Å². The Morgan fingerprint density at radius 2 is 2.05 bits per heavy atom. The van der Waals surface area contributed by atoms with E-state index < -0.39 is 15.8 Å². The van der Waals surface area contributed by atoms with Crippen molar-refractivity contribution in [2.75, 3.05) is 7.05 Å². The van der Waals surface area contributed by atoms with Crippen LogP contribution in [-0.2, 0) is 23.1 Å². The van der Waals surface area contributed by atoms with Gasteiger partial charge in [0.2, 0.25) is 10.0 Å². The summed E-state index contributed by atoms with van der Waals surface area (Å²) < 4.78 is 45.1. The number of hydrogen-bond donors (Lipinski definition) is 2. The van der Waals surface area contributed by atoms with Gasteiger partial charge in [0.05, 0.1) is 17.7 Å². The lowest BCUT2D eigenvalue weighted by Gasteiger charge is -2.08. The third kappa shape index (κ3) is 3.44. The summed E-state index contributed by atoms with van der Waals surface area (Å²) in [4.78, 5) is 0.0238. The molecule has 1 aromatic heterocycles. The van der Waals surface area contributed by atoms with Crippen LogP contribution in [0.5, 0.6) is 0 Å². The topological polar surface area (TPSA) is 71.3 Å². The minimum absolute atomic E-state index is 0.0238. The van der Waals surface area contributed by atoms with Gasteiger partial charge in [-0.1, -0.05) is 0 Å². The van der Waals surface area contributed by atoms with Crippen molar-refractivity contribution in [2.24, 2.45) is 0 Å². The van der Waals surface area contributed by atoms with E-state index in [1.807, 2.05) is 0 Å². The quantitative estimate of drug-likeness (QED) is 0.850. The Hall–Kier alpha value is -1.70. The van der Waals surface area contributed by atoms with Crippen LogP contribution < -0.4 is 10.0 Å². The lowest BCUT2D eigenvalue weighted by molar-refractivity contribution is 0.498. The lowest BCUT2D eigenvalue weighted by atomic mass is 10.2. The van der Waals surface area contributed by atoms with Gasteiger partial charge >= 0.3 is 0 Å². The maximum atomic E-state index is 13.5. The van der Waals surface area contributed by atoms with E-state index in [0.29, 0.717) is 11.3 Å². The van der Waals surface area contributed by atoms with Gasteiger partial charge < -0.3 is 9.73 Å². The first kappa shape index (κ1) is 14.7. The fourth-order valence-corrected chi connectivity index (χ4v) is 2.75. The number of halogens is 1. The van der Waals surface area contributed by atoms with Crippen LogP contribution in [0.3, 0.4) is 0 Å². The van der Waals surface area contributed by atoms with E-state index in [1.165, 1.54) is 18.4 Å². The van der Waals surface area contributed by atoms with Gasteiger partial charge in [0, 0.05) is 12.1 Å². The van der Waals surface area contributed by atoms with Gasteiger partial charge in [-0.3, -0.25) is 0 Å². The molecule has 0 radical (unpaired) electrons. The van der Waals surface area contributed by atoms with Crippen molar-refractivity contribution in [1.82, 2.24) is 10.0 Å². The normalized spacial score (nSPS) is 11.7. The van der Waals surface area contributed by atoms with E-state index >= 15 is 0 Å². The Kier molecular flexibility index (Phi) is 4.53. The second kappa shape index (κ2) is 6.17. The zero-order valence-electron chi connectivity index (χ0n) is 10.9. The van der Waals surface area contributed by atoms with E-state index in [2.05, 4.69) is 10.0 Å². The number of rotatable bonds is 6. The van der Waals surface area contributed by atoms with Gasteiger partial charge in [0.1, 0.15) is 11.6 Å². The standard InChI is InChI=1S/C13H15FN2O3S/c1-15-8-10-7-12(4-5-13(10)14)20(17,18)16-9-11-3-2-6-19-11/h2-7,15-16H,8-9H2,1H3. The van der Waals surface area contributed by atoms with E-state index in [-0.39, 0.29) is 18.0 Å². The number of benzene rings is 1. The van der Waals surface area contributed by atoms with Crippen molar-refractivity contribution >= 4 is 10.0 Å². The van der Waals surface area contributed by atoms with E-state index in [0.717, 1.165) is 6.07 Å². The molecule has 0 aliphatic rings. The van der Waals surface area contributed by atoms with Crippen LogP contribution in [0.25, 0.3) is 0 Å². The zero-order valence-corrected chi connectivity index (χ0v) is 11.7. The van der Waals surface area contributed by atoms with Crippen LogP contribution in [0.4, 0.5) is 4.39 Å². The Morgan fingerprint density at radius 3 is 2.70 bits per heavy atom. The van der Waals surface area contributed by atoms with Crippen molar-refractivity contribution < 1.29 is 17.2 Å². The predicted molar refractivity (Wildman–Crippen MR) is 71.9 cm³/mol. The Morgan fingerprint density at radius 1 is 1.25 bits per heavy atom. The number of sulfonamides is 1. The van der Waals surface area contributed by atoms with Crippen LogP contribution in [0.15, 0.2) is 45.9 Å². The number of furan rings is 1. The molecule has 108 valence electrons. The highest BCUT2D eigenvalue weighted by atomic mass is 32.2. The first-order valence-corrected chi connectivity index (χ1v) is 7.46. The first-order chi connectivity index (χ1) is 9.53. The van der Waals surface area contributed by atoms with E-state index in [1.54, 1.807) is 19.2 Å². The van der Waals surface area contributed by atoms with Crippen molar-refractivity contribution in [3.8, 4) is 0 Å². The van der Waals surface area contributed by atoms with Gasteiger partial charge in [-0.15, -0.1) is 0 Å². The van der Waals surface area contributed by atoms with E-state index in [4.69, 9.17) is 4.42 Å². The van der Waals surface area contributed by atoms with Gasteiger partial charge in [-0.05, 0) is 37.4 Å². The summed E-state index contributed by atoms with van der Waals surface area (Å²) in [5, 5.41) is 2.79. The van der Waals surface area contributed by atoms with Gasteiger partial charge in [0.15, 0.2) is 0 Å². The maximum absolute atomic E-state index is 13.5. The largest absolute Gasteiger partial charge is 0.468 e. The van der Waals surface area contributed by atoms with Crippen LogP contribution >= 0.6 is 0 Å². The third-order valence-electron chi connectivity index (χ3n) is 2.71. The van der Waals surface area contributed by atoms with Gasteiger partial charge in [-0.25, -0.2) is 17.5 Å². The highest BCUT2D eigenvalue weighted by Gasteiger charge is 2.16. The molecule has 0 bridgehead atoms. The molecular weight excluding hydrogens is 283 g/mol. The SMILES string of the molecule is CNCc1cc(S(=O)(=O)NCc2ccco2)ccc1F. The lowest BCUT2D eigenvalue weighted by Crippen LogP contribution is -2.23. The summed E-state index contributed by atoms with van der Waals surface area (Å²) >= 11 is 0. The molecule has 0 saturated carbocycles. The van der Waals surface area contributed by atoms with Crippen LogP contribution in [0, 0.1) is 5.82 Å². The average molecular weight is 298 g/mol. The monoisotopic (exact) mass is 298 g/mol. The molecule has 0 aliphatic heterocycles. The van der Waals surface area contributed by atoms with Crippen LogP contribution in [0.2, 0.25) is 0 Å². The molecule has 2 rings (SSSR count). The second-order valence-corrected chi connectivity index (χ2v) is 5.95. The third-order valence-corrected chi connectivity index (χ3v) is 4.11. The molecule has 1 heterocycles. The minimum atomic E-state index is -3.70. The Bertz CT molecular complexity index is 669. The van der Waals surface area contributed by atoms with Crippen LogP contribution in [-0.4, -0.2) is 15.5 Å².